The van der Waals surface area contributed by atoms with Crippen molar-refractivity contribution >= 4 is 11.8 Å². The van der Waals surface area contributed by atoms with E-state index in [1.807, 2.05) is 13.0 Å². The molecule has 13 heavy (non-hydrogen) atoms. The van der Waals surface area contributed by atoms with Gasteiger partial charge in [0.05, 0.1) is 11.1 Å². The van der Waals surface area contributed by atoms with Gasteiger partial charge in [0.1, 0.15) is 0 Å². The minimum atomic E-state index is -0.338. The third-order valence-corrected chi connectivity index (χ3v) is 2.09. The second-order valence-corrected chi connectivity index (χ2v) is 2.91. The Hall–Kier alpha value is -1.64. The molecule has 0 saturated heterocycles. The lowest BCUT2D eigenvalue weighted by atomic mass is 10.0. The van der Waals surface area contributed by atoms with Crippen LogP contribution in [0.1, 0.15) is 33.2 Å². The summed E-state index contributed by atoms with van der Waals surface area (Å²) in [5.41, 5.74) is 1.76. The average Bonchev–Trinajstić information content (AvgIpc) is 2.42. The number of aryl methyl sites for hydroxylation is 1. The largest absolute Gasteiger partial charge is 0.288 e. The molecule has 1 radical (unpaired) electrons. The van der Waals surface area contributed by atoms with Crippen molar-refractivity contribution in [1.29, 1.82) is 0 Å². The van der Waals surface area contributed by atoms with Gasteiger partial charge in [0, 0.05) is 0 Å². The van der Waals surface area contributed by atoms with Crippen LogP contribution in [0.25, 0.3) is 0 Å². The Kier molecular flexibility index (Phi) is 1.65. The smallest absolute Gasteiger partial charge is 0.259 e. The lowest BCUT2D eigenvalue weighted by Crippen LogP contribution is -2.19. The molecule has 1 aromatic carbocycles. The highest BCUT2D eigenvalue weighted by atomic mass is 16.2. The fourth-order valence-electron chi connectivity index (χ4n) is 1.34. The number of benzene rings is 1. The van der Waals surface area contributed by atoms with Crippen molar-refractivity contribution in [2.75, 3.05) is 0 Å². The summed E-state index contributed by atoms with van der Waals surface area (Å²) < 4.78 is 0. The summed E-state index contributed by atoms with van der Waals surface area (Å²) in [6, 6.07) is 6.41. The Morgan fingerprint density at radius 3 is 2.77 bits per heavy atom. The Bertz CT molecular complexity index is 396. The molecule has 1 aliphatic rings. The van der Waals surface area contributed by atoms with Crippen molar-refractivity contribution in [3.05, 3.63) is 34.9 Å². The molecule has 1 aliphatic heterocycles. The van der Waals surface area contributed by atoms with E-state index in [0.717, 1.165) is 12.0 Å². The van der Waals surface area contributed by atoms with Crippen LogP contribution in [0.15, 0.2) is 12.1 Å². The number of fused-ring (bicyclic) bond motifs is 1. The van der Waals surface area contributed by atoms with Crippen molar-refractivity contribution in [3.8, 4) is 0 Å². The zero-order valence-electron chi connectivity index (χ0n) is 7.18. The van der Waals surface area contributed by atoms with Crippen LogP contribution < -0.4 is 5.32 Å². The highest BCUT2D eigenvalue weighted by molar-refractivity contribution is 6.21. The summed E-state index contributed by atoms with van der Waals surface area (Å²) in [4.78, 5) is 22.3. The first-order chi connectivity index (χ1) is 6.22. The predicted octanol–water partition coefficient (Wildman–Crippen LogP) is 0.933. The number of hydrogen-bond donors (Lipinski definition) is 1. The summed E-state index contributed by atoms with van der Waals surface area (Å²) in [5.74, 6) is -0.658. The zero-order chi connectivity index (χ0) is 9.42. The highest BCUT2D eigenvalue weighted by Crippen LogP contribution is 2.16. The summed E-state index contributed by atoms with van der Waals surface area (Å²) in [7, 11) is 0. The molecule has 1 N–H and O–H groups in total. The van der Waals surface area contributed by atoms with Gasteiger partial charge in [0.25, 0.3) is 11.8 Å². The van der Waals surface area contributed by atoms with Crippen LogP contribution in [0.5, 0.6) is 0 Å². The van der Waals surface area contributed by atoms with Crippen molar-refractivity contribution in [1.82, 2.24) is 5.32 Å². The van der Waals surface area contributed by atoms with Crippen molar-refractivity contribution in [2.45, 2.75) is 13.3 Å². The van der Waals surface area contributed by atoms with Crippen LogP contribution in [0.3, 0.4) is 0 Å². The zero-order valence-corrected chi connectivity index (χ0v) is 7.18. The first-order valence-corrected chi connectivity index (χ1v) is 4.13. The minimum absolute atomic E-state index is 0.320. The van der Waals surface area contributed by atoms with E-state index >= 15 is 0 Å². The maximum atomic E-state index is 11.2. The van der Waals surface area contributed by atoms with Crippen LogP contribution in [0, 0.1) is 6.07 Å². The standard InChI is InChI=1S/C10H8NO2/c1-2-6-3-4-7-8(5-6)10(13)11-9(7)12/h3-4H,2H2,1H3,(H,11,12,13). The average molecular weight is 174 g/mol. The molecule has 1 heterocycles. The molecule has 0 saturated carbocycles. The van der Waals surface area contributed by atoms with Crippen LogP contribution in [0.2, 0.25) is 0 Å². The minimum Gasteiger partial charge on any atom is -0.288 e. The fraction of sp³-hybridized carbons (Fsp3) is 0.200. The molecule has 0 fully saturated rings. The second kappa shape index (κ2) is 2.69. The molecule has 0 atom stereocenters. The summed E-state index contributed by atoms with van der Waals surface area (Å²) in [6.07, 6.45) is 0.814. The monoisotopic (exact) mass is 174 g/mol. The summed E-state index contributed by atoms with van der Waals surface area (Å²) >= 11 is 0. The van der Waals surface area contributed by atoms with Gasteiger partial charge < -0.3 is 0 Å². The van der Waals surface area contributed by atoms with Gasteiger partial charge in [0.15, 0.2) is 0 Å². The Morgan fingerprint density at radius 2 is 2.08 bits per heavy atom. The van der Waals surface area contributed by atoms with E-state index in [2.05, 4.69) is 11.4 Å². The molecule has 3 heteroatoms. The lowest BCUT2D eigenvalue weighted by Gasteiger charge is -1.96. The van der Waals surface area contributed by atoms with Gasteiger partial charge in [-0.3, -0.25) is 14.9 Å². The van der Waals surface area contributed by atoms with Crippen LogP contribution in [-0.2, 0) is 6.42 Å². The number of carbonyl (C=O) groups is 2. The molecular weight excluding hydrogens is 166 g/mol. The lowest BCUT2D eigenvalue weighted by molar-refractivity contribution is 0.0879. The molecule has 2 rings (SSSR count). The first kappa shape index (κ1) is 7.98. The van der Waals surface area contributed by atoms with Crippen molar-refractivity contribution < 1.29 is 9.59 Å². The third-order valence-electron chi connectivity index (χ3n) is 2.09. The number of rotatable bonds is 1. The van der Waals surface area contributed by atoms with Gasteiger partial charge >= 0.3 is 0 Å². The van der Waals surface area contributed by atoms with Gasteiger partial charge in [-0.15, -0.1) is 0 Å². The predicted molar refractivity (Wildman–Crippen MR) is 46.5 cm³/mol. The van der Waals surface area contributed by atoms with Gasteiger partial charge in [-0.2, -0.15) is 0 Å². The van der Waals surface area contributed by atoms with Crippen molar-refractivity contribution in [2.24, 2.45) is 0 Å². The molecule has 0 bridgehead atoms. The Labute approximate surface area is 75.8 Å². The number of hydrogen-bond acceptors (Lipinski definition) is 2. The SMILES string of the molecule is CCc1[c]c2c(cc1)C(=O)NC2=O. The summed E-state index contributed by atoms with van der Waals surface area (Å²) in [6.45, 7) is 1.98. The van der Waals surface area contributed by atoms with E-state index in [-0.39, 0.29) is 11.8 Å². The maximum absolute atomic E-state index is 11.2. The van der Waals surface area contributed by atoms with E-state index < -0.39 is 0 Å². The number of imide groups is 1. The van der Waals surface area contributed by atoms with Gasteiger partial charge in [0.2, 0.25) is 0 Å². The second-order valence-electron chi connectivity index (χ2n) is 2.91. The first-order valence-electron chi connectivity index (χ1n) is 4.13. The number of carbonyl (C=O) groups excluding carboxylic acids is 2. The molecular formula is C10H8NO2. The topological polar surface area (TPSA) is 46.2 Å². The van der Waals surface area contributed by atoms with Crippen molar-refractivity contribution in [3.63, 3.8) is 0 Å². The van der Waals surface area contributed by atoms with Gasteiger partial charge in [-0.05, 0) is 24.1 Å². The van der Waals surface area contributed by atoms with E-state index in [0.29, 0.717) is 11.1 Å². The van der Waals surface area contributed by atoms with Crippen LogP contribution in [-0.4, -0.2) is 11.8 Å². The molecule has 0 aliphatic carbocycles. The van der Waals surface area contributed by atoms with Crippen LogP contribution >= 0.6 is 0 Å². The van der Waals surface area contributed by atoms with E-state index in [1.165, 1.54) is 0 Å². The summed E-state index contributed by atoms with van der Waals surface area (Å²) in [5, 5.41) is 2.22. The molecule has 0 spiro atoms. The van der Waals surface area contributed by atoms with E-state index in [4.69, 9.17) is 0 Å². The van der Waals surface area contributed by atoms with E-state index in [1.54, 1.807) is 6.07 Å². The Balaban J connectivity index is 2.58. The molecule has 3 nitrogen and oxygen atoms in total. The number of nitrogens with one attached hydrogen (secondary N) is 1. The third kappa shape index (κ3) is 1.13. The maximum Gasteiger partial charge on any atom is 0.259 e. The molecule has 65 valence electrons. The molecule has 1 aromatic rings. The van der Waals surface area contributed by atoms with Gasteiger partial charge in [-0.1, -0.05) is 13.0 Å². The quantitative estimate of drug-likeness (QED) is 0.644. The highest BCUT2D eigenvalue weighted by Gasteiger charge is 2.26. The fourth-order valence-corrected chi connectivity index (χ4v) is 1.34. The van der Waals surface area contributed by atoms with Gasteiger partial charge in [-0.25, -0.2) is 0 Å². The van der Waals surface area contributed by atoms with E-state index in [9.17, 15) is 9.59 Å². The molecule has 0 aromatic heterocycles. The number of amides is 2. The van der Waals surface area contributed by atoms with Crippen LogP contribution in [0.4, 0.5) is 0 Å². The normalized spacial score (nSPS) is 14.2. The molecule has 2 amide bonds. The Morgan fingerprint density at radius 1 is 1.31 bits per heavy atom. The molecule has 0 unspecified atom stereocenters.